The van der Waals surface area contributed by atoms with Crippen LogP contribution >= 0.6 is 0 Å². The lowest BCUT2D eigenvalue weighted by Crippen LogP contribution is -2.10. The van der Waals surface area contributed by atoms with E-state index in [1.54, 1.807) is 0 Å². The molecule has 0 fully saturated rings. The third-order valence-corrected chi connectivity index (χ3v) is 1.50. The van der Waals surface area contributed by atoms with Gasteiger partial charge in [-0.3, -0.25) is 0 Å². The normalized spacial score (nSPS) is 10.6. The SMILES string of the molecule is NCc1c(F)c(F)c(F)c(F)c1F. The van der Waals surface area contributed by atoms with Crippen LogP contribution in [0.5, 0.6) is 0 Å². The Labute approximate surface area is 70.0 Å². The summed E-state index contributed by atoms with van der Waals surface area (Å²) in [5.41, 5.74) is 3.80. The zero-order chi connectivity index (χ0) is 10.2. The van der Waals surface area contributed by atoms with Crippen LogP contribution in [0.4, 0.5) is 22.0 Å². The molecule has 0 bridgehead atoms. The maximum atomic E-state index is 12.6. The molecule has 0 aliphatic heterocycles. The quantitative estimate of drug-likeness (QED) is 0.415. The first kappa shape index (κ1) is 9.91. The van der Waals surface area contributed by atoms with Crippen LogP contribution < -0.4 is 5.73 Å². The predicted molar refractivity (Wildman–Crippen MR) is 34.1 cm³/mol. The molecular weight excluding hydrogens is 193 g/mol. The Hall–Kier alpha value is -1.17. The minimum absolute atomic E-state index is 0.744. The fourth-order valence-corrected chi connectivity index (χ4v) is 0.830. The lowest BCUT2D eigenvalue weighted by atomic mass is 10.1. The fraction of sp³-hybridized carbons (Fsp3) is 0.143. The Morgan fingerprint density at radius 2 is 1.00 bits per heavy atom. The van der Waals surface area contributed by atoms with Gasteiger partial charge < -0.3 is 5.73 Å². The van der Waals surface area contributed by atoms with Gasteiger partial charge in [-0.1, -0.05) is 0 Å². The van der Waals surface area contributed by atoms with Crippen LogP contribution in [0.1, 0.15) is 5.56 Å². The molecule has 1 aromatic carbocycles. The highest BCUT2D eigenvalue weighted by Crippen LogP contribution is 2.22. The summed E-state index contributed by atoms with van der Waals surface area (Å²) in [6.07, 6.45) is 0. The molecule has 0 unspecified atom stereocenters. The Balaban J connectivity index is 3.56. The van der Waals surface area contributed by atoms with Crippen molar-refractivity contribution in [1.82, 2.24) is 0 Å². The van der Waals surface area contributed by atoms with E-state index in [-0.39, 0.29) is 0 Å². The van der Waals surface area contributed by atoms with Gasteiger partial charge in [-0.15, -0.1) is 0 Å². The lowest BCUT2D eigenvalue weighted by molar-refractivity contribution is 0.370. The van der Waals surface area contributed by atoms with E-state index in [4.69, 9.17) is 5.73 Å². The molecule has 0 radical (unpaired) electrons. The van der Waals surface area contributed by atoms with Gasteiger partial charge in [0.25, 0.3) is 0 Å². The van der Waals surface area contributed by atoms with Crippen molar-refractivity contribution in [3.8, 4) is 0 Å². The molecule has 0 aliphatic rings. The molecule has 2 N–H and O–H groups in total. The van der Waals surface area contributed by atoms with Crippen molar-refractivity contribution < 1.29 is 22.0 Å². The first-order chi connectivity index (χ1) is 6.00. The van der Waals surface area contributed by atoms with Crippen molar-refractivity contribution in [3.63, 3.8) is 0 Å². The van der Waals surface area contributed by atoms with Gasteiger partial charge in [0.1, 0.15) is 0 Å². The van der Waals surface area contributed by atoms with Crippen molar-refractivity contribution in [1.29, 1.82) is 0 Å². The van der Waals surface area contributed by atoms with Crippen molar-refractivity contribution >= 4 is 0 Å². The number of hydrogen-bond acceptors (Lipinski definition) is 1. The number of nitrogens with two attached hydrogens (primary N) is 1. The van der Waals surface area contributed by atoms with E-state index in [0.29, 0.717) is 0 Å². The fourth-order valence-electron chi connectivity index (χ4n) is 0.830. The molecule has 0 aromatic heterocycles. The summed E-state index contributed by atoms with van der Waals surface area (Å²) in [6, 6.07) is 0. The minimum atomic E-state index is -2.17. The van der Waals surface area contributed by atoms with Gasteiger partial charge in [-0.05, 0) is 0 Å². The van der Waals surface area contributed by atoms with Gasteiger partial charge in [0, 0.05) is 12.1 Å². The van der Waals surface area contributed by atoms with E-state index >= 15 is 0 Å². The summed E-state index contributed by atoms with van der Waals surface area (Å²) in [5, 5.41) is 0. The smallest absolute Gasteiger partial charge is 0.200 e. The topological polar surface area (TPSA) is 26.0 Å². The highest BCUT2D eigenvalue weighted by molar-refractivity contribution is 5.23. The van der Waals surface area contributed by atoms with Crippen molar-refractivity contribution in [2.75, 3.05) is 0 Å². The van der Waals surface area contributed by atoms with E-state index in [1.165, 1.54) is 0 Å². The molecule has 13 heavy (non-hydrogen) atoms. The highest BCUT2D eigenvalue weighted by Gasteiger charge is 2.24. The van der Waals surface area contributed by atoms with Crippen LogP contribution in [0.15, 0.2) is 0 Å². The maximum absolute atomic E-state index is 12.6. The van der Waals surface area contributed by atoms with Crippen LogP contribution in [0.25, 0.3) is 0 Å². The number of hydrogen-bond donors (Lipinski definition) is 1. The van der Waals surface area contributed by atoms with Crippen LogP contribution in [-0.2, 0) is 6.54 Å². The van der Waals surface area contributed by atoms with Gasteiger partial charge in [-0.2, -0.15) is 0 Å². The van der Waals surface area contributed by atoms with Gasteiger partial charge in [0.15, 0.2) is 23.3 Å². The van der Waals surface area contributed by atoms with Crippen LogP contribution in [0.3, 0.4) is 0 Å². The Bertz CT molecular complexity index is 320. The molecule has 1 rings (SSSR count). The minimum Gasteiger partial charge on any atom is -0.326 e. The summed E-state index contributed by atoms with van der Waals surface area (Å²) < 4.78 is 62.3. The highest BCUT2D eigenvalue weighted by atomic mass is 19.2. The van der Waals surface area contributed by atoms with Crippen molar-refractivity contribution in [3.05, 3.63) is 34.6 Å². The molecule has 0 amide bonds. The molecule has 6 heteroatoms. The zero-order valence-corrected chi connectivity index (χ0v) is 6.17. The lowest BCUT2D eigenvalue weighted by Gasteiger charge is -2.04. The van der Waals surface area contributed by atoms with Crippen LogP contribution in [0.2, 0.25) is 0 Å². The molecule has 0 aliphatic carbocycles. The summed E-state index contributed by atoms with van der Waals surface area (Å²) in [5.74, 6) is -9.87. The molecule has 72 valence electrons. The average molecular weight is 197 g/mol. The van der Waals surface area contributed by atoms with Crippen LogP contribution in [-0.4, -0.2) is 0 Å². The molecule has 1 aromatic rings. The largest absolute Gasteiger partial charge is 0.326 e. The Morgan fingerprint density at radius 1 is 0.692 bits per heavy atom. The molecular formula is C7H4F5N. The number of rotatable bonds is 1. The maximum Gasteiger partial charge on any atom is 0.200 e. The first-order valence-corrected chi connectivity index (χ1v) is 3.21. The number of benzene rings is 1. The molecule has 0 spiro atoms. The monoisotopic (exact) mass is 197 g/mol. The van der Waals surface area contributed by atoms with Gasteiger partial charge in [-0.25, -0.2) is 22.0 Å². The summed E-state index contributed by atoms with van der Waals surface area (Å²) in [7, 11) is 0. The molecule has 0 saturated carbocycles. The van der Waals surface area contributed by atoms with E-state index in [9.17, 15) is 22.0 Å². The zero-order valence-electron chi connectivity index (χ0n) is 6.17. The molecule has 0 heterocycles. The summed E-state index contributed by atoms with van der Waals surface area (Å²) >= 11 is 0. The second kappa shape index (κ2) is 3.29. The molecule has 1 nitrogen and oxygen atoms in total. The average Bonchev–Trinajstić information content (AvgIpc) is 2.13. The third kappa shape index (κ3) is 1.37. The van der Waals surface area contributed by atoms with Crippen molar-refractivity contribution in [2.45, 2.75) is 6.54 Å². The third-order valence-electron chi connectivity index (χ3n) is 1.50. The first-order valence-electron chi connectivity index (χ1n) is 3.21. The van der Waals surface area contributed by atoms with Gasteiger partial charge in [0.05, 0.1) is 0 Å². The van der Waals surface area contributed by atoms with E-state index in [0.717, 1.165) is 0 Å². The molecule has 0 atom stereocenters. The predicted octanol–water partition coefficient (Wildman–Crippen LogP) is 1.84. The van der Waals surface area contributed by atoms with Crippen molar-refractivity contribution in [2.24, 2.45) is 5.73 Å². The van der Waals surface area contributed by atoms with E-state index < -0.39 is 41.2 Å². The Kier molecular flexibility index (Phi) is 2.51. The molecule has 0 saturated heterocycles. The second-order valence-corrected chi connectivity index (χ2v) is 2.25. The summed E-state index contributed by atoms with van der Waals surface area (Å²) in [4.78, 5) is 0. The van der Waals surface area contributed by atoms with Gasteiger partial charge >= 0.3 is 0 Å². The van der Waals surface area contributed by atoms with Crippen LogP contribution in [0, 0.1) is 29.1 Å². The van der Waals surface area contributed by atoms with Gasteiger partial charge in [0.2, 0.25) is 5.82 Å². The van der Waals surface area contributed by atoms with E-state index in [2.05, 4.69) is 0 Å². The standard InChI is InChI=1S/C7H4F5N/c8-3-2(1-13)4(9)6(11)7(12)5(3)10/h1,13H2. The second-order valence-electron chi connectivity index (χ2n) is 2.25. The summed E-state index contributed by atoms with van der Waals surface area (Å²) in [6.45, 7) is -0.744. The van der Waals surface area contributed by atoms with E-state index in [1.807, 2.05) is 0 Å². The number of halogens is 5. The Morgan fingerprint density at radius 3 is 1.31 bits per heavy atom.